The number of benzene rings is 1. The maximum Gasteiger partial charge on any atom is 0.344 e. The molecular weight excluding hydrogens is 296 g/mol. The quantitative estimate of drug-likeness (QED) is 0.857. The molecule has 1 heterocycles. The summed E-state index contributed by atoms with van der Waals surface area (Å²) in [5, 5.41) is 6.47. The van der Waals surface area contributed by atoms with Gasteiger partial charge < -0.3 is 14.6 Å². The van der Waals surface area contributed by atoms with E-state index in [0.717, 1.165) is 5.56 Å². The van der Waals surface area contributed by atoms with Crippen molar-refractivity contribution in [2.24, 2.45) is 0 Å². The van der Waals surface area contributed by atoms with E-state index in [1.807, 2.05) is 39.0 Å². The van der Waals surface area contributed by atoms with Crippen LogP contribution in [-0.4, -0.2) is 23.6 Å². The lowest BCUT2D eigenvalue weighted by Crippen LogP contribution is -2.21. The summed E-state index contributed by atoms with van der Waals surface area (Å²) in [4.78, 5) is 24.0. The molecule has 122 valence electrons. The molecule has 6 heteroatoms. The number of ether oxygens (including phenoxy) is 1. The molecule has 1 N–H and O–H groups in total. The summed E-state index contributed by atoms with van der Waals surface area (Å²) in [6.45, 7) is 7.01. The van der Waals surface area contributed by atoms with Gasteiger partial charge in [0.25, 0.3) is 5.91 Å². The predicted molar refractivity (Wildman–Crippen MR) is 85.4 cm³/mol. The number of rotatable bonds is 5. The topological polar surface area (TPSA) is 81.4 Å². The van der Waals surface area contributed by atoms with Gasteiger partial charge >= 0.3 is 5.97 Å². The minimum absolute atomic E-state index is 0.000120. The smallest absolute Gasteiger partial charge is 0.344 e. The third-order valence-corrected chi connectivity index (χ3v) is 3.25. The van der Waals surface area contributed by atoms with Gasteiger partial charge in [-0.25, -0.2) is 4.79 Å². The number of hydrogen-bond acceptors (Lipinski definition) is 5. The van der Waals surface area contributed by atoms with Gasteiger partial charge in [-0.3, -0.25) is 4.79 Å². The summed E-state index contributed by atoms with van der Waals surface area (Å²) in [6.07, 6.45) is 0. The van der Waals surface area contributed by atoms with Crippen LogP contribution in [0.25, 0.3) is 0 Å². The number of aryl methyl sites for hydroxylation is 2. The second-order valence-corrected chi connectivity index (χ2v) is 5.66. The van der Waals surface area contributed by atoms with Crippen LogP contribution in [0.5, 0.6) is 0 Å². The number of nitrogens with one attached hydrogen (secondary N) is 1. The van der Waals surface area contributed by atoms with Gasteiger partial charge in [0.05, 0.1) is 5.69 Å². The number of esters is 1. The van der Waals surface area contributed by atoms with Crippen LogP contribution in [0.2, 0.25) is 0 Å². The number of hydrogen-bond donors (Lipinski definition) is 1. The zero-order chi connectivity index (χ0) is 17.0. The van der Waals surface area contributed by atoms with Crippen molar-refractivity contribution in [2.45, 2.75) is 33.6 Å². The molecule has 1 aromatic carbocycles. The van der Waals surface area contributed by atoms with Crippen LogP contribution < -0.4 is 5.32 Å². The van der Waals surface area contributed by atoms with Gasteiger partial charge in [0.1, 0.15) is 5.56 Å². The Bertz CT molecular complexity index is 719. The average molecular weight is 316 g/mol. The third-order valence-electron chi connectivity index (χ3n) is 3.25. The summed E-state index contributed by atoms with van der Waals surface area (Å²) < 4.78 is 10.2. The second-order valence-electron chi connectivity index (χ2n) is 5.66. The molecule has 2 rings (SSSR count). The lowest BCUT2D eigenvalue weighted by atomic mass is 10.1. The molecule has 0 aliphatic carbocycles. The fourth-order valence-electron chi connectivity index (χ4n) is 2.15. The number of carbonyl (C=O) groups excluding carboxylic acids is 2. The van der Waals surface area contributed by atoms with E-state index in [-0.39, 0.29) is 12.5 Å². The van der Waals surface area contributed by atoms with Crippen LogP contribution in [0.3, 0.4) is 0 Å². The molecule has 1 amide bonds. The number of amides is 1. The van der Waals surface area contributed by atoms with Crippen molar-refractivity contribution in [1.82, 2.24) is 5.16 Å². The first-order valence-electron chi connectivity index (χ1n) is 7.38. The molecule has 0 aliphatic heterocycles. The lowest BCUT2D eigenvalue weighted by molar-refractivity contribution is -0.119. The van der Waals surface area contributed by atoms with Crippen molar-refractivity contribution in [3.05, 3.63) is 46.8 Å². The second kappa shape index (κ2) is 7.09. The zero-order valence-electron chi connectivity index (χ0n) is 13.7. The van der Waals surface area contributed by atoms with E-state index in [9.17, 15) is 9.59 Å². The van der Waals surface area contributed by atoms with Crippen molar-refractivity contribution >= 4 is 17.6 Å². The minimum Gasteiger partial charge on any atom is -0.452 e. The number of nitrogens with zero attached hydrogens (tertiary/aromatic N) is 1. The molecule has 0 atom stereocenters. The maximum absolute atomic E-state index is 12.2. The average Bonchev–Trinajstić information content (AvgIpc) is 2.87. The van der Waals surface area contributed by atoms with Crippen LogP contribution in [0, 0.1) is 13.8 Å². The van der Waals surface area contributed by atoms with Crippen LogP contribution >= 0.6 is 0 Å². The third kappa shape index (κ3) is 4.18. The van der Waals surface area contributed by atoms with E-state index in [1.165, 1.54) is 0 Å². The molecule has 23 heavy (non-hydrogen) atoms. The van der Waals surface area contributed by atoms with Gasteiger partial charge in [-0.2, -0.15) is 0 Å². The van der Waals surface area contributed by atoms with Gasteiger partial charge in [0.2, 0.25) is 0 Å². The van der Waals surface area contributed by atoms with Crippen molar-refractivity contribution in [3.63, 3.8) is 0 Å². The largest absolute Gasteiger partial charge is 0.452 e. The summed E-state index contributed by atoms with van der Waals surface area (Å²) >= 11 is 0. The highest BCUT2D eigenvalue weighted by atomic mass is 16.5. The molecule has 0 bridgehead atoms. The SMILES string of the molecule is Cc1cccc(NC(=O)COC(=O)c2c(C)noc2C(C)C)c1. The highest BCUT2D eigenvalue weighted by Crippen LogP contribution is 2.22. The Hall–Kier alpha value is -2.63. The van der Waals surface area contributed by atoms with Crippen LogP contribution in [0.15, 0.2) is 28.8 Å². The molecule has 0 fully saturated rings. The van der Waals surface area contributed by atoms with Crippen LogP contribution in [0.4, 0.5) is 5.69 Å². The van der Waals surface area contributed by atoms with Gasteiger partial charge in [0, 0.05) is 11.6 Å². The minimum atomic E-state index is -0.605. The first-order chi connectivity index (χ1) is 10.9. The molecular formula is C17H20N2O4. The maximum atomic E-state index is 12.2. The summed E-state index contributed by atoms with van der Waals surface area (Å²) in [6, 6.07) is 7.37. The molecule has 0 unspecified atom stereocenters. The molecule has 0 saturated carbocycles. The Morgan fingerprint density at radius 2 is 2.04 bits per heavy atom. The fraction of sp³-hybridized carbons (Fsp3) is 0.353. The van der Waals surface area contributed by atoms with Crippen LogP contribution in [-0.2, 0) is 9.53 Å². The van der Waals surface area contributed by atoms with Crippen molar-refractivity contribution in [2.75, 3.05) is 11.9 Å². The number of carbonyl (C=O) groups is 2. The van der Waals surface area contributed by atoms with E-state index in [0.29, 0.717) is 22.7 Å². The molecule has 2 aromatic rings. The Labute approximate surface area is 134 Å². The first kappa shape index (κ1) is 16.7. The molecule has 0 aliphatic rings. The van der Waals surface area contributed by atoms with Crippen molar-refractivity contribution < 1.29 is 18.8 Å². The highest BCUT2D eigenvalue weighted by molar-refractivity contribution is 5.96. The van der Waals surface area contributed by atoms with Gasteiger partial charge in [-0.05, 0) is 31.5 Å². The first-order valence-corrected chi connectivity index (χ1v) is 7.38. The van der Waals surface area contributed by atoms with Gasteiger partial charge in [-0.15, -0.1) is 0 Å². The van der Waals surface area contributed by atoms with E-state index in [4.69, 9.17) is 9.26 Å². The lowest BCUT2D eigenvalue weighted by Gasteiger charge is -2.08. The van der Waals surface area contributed by atoms with Crippen molar-refractivity contribution in [1.29, 1.82) is 0 Å². The predicted octanol–water partition coefficient (Wildman–Crippen LogP) is 3.21. The van der Waals surface area contributed by atoms with Crippen molar-refractivity contribution in [3.8, 4) is 0 Å². The zero-order valence-corrected chi connectivity index (χ0v) is 13.7. The molecule has 1 aromatic heterocycles. The fourth-order valence-corrected chi connectivity index (χ4v) is 2.15. The Morgan fingerprint density at radius 1 is 1.30 bits per heavy atom. The van der Waals surface area contributed by atoms with E-state index in [1.54, 1.807) is 13.0 Å². The Morgan fingerprint density at radius 3 is 2.70 bits per heavy atom. The Balaban J connectivity index is 1.97. The van der Waals surface area contributed by atoms with E-state index < -0.39 is 11.9 Å². The molecule has 0 spiro atoms. The Kier molecular flexibility index (Phi) is 5.16. The van der Waals surface area contributed by atoms with Crippen LogP contribution in [0.1, 0.15) is 47.1 Å². The number of aromatic nitrogens is 1. The van der Waals surface area contributed by atoms with E-state index >= 15 is 0 Å². The summed E-state index contributed by atoms with van der Waals surface area (Å²) in [5.74, 6) is -0.539. The number of anilines is 1. The highest BCUT2D eigenvalue weighted by Gasteiger charge is 2.24. The normalized spacial score (nSPS) is 10.7. The molecule has 0 saturated heterocycles. The standard InChI is InChI=1S/C17H20N2O4/c1-10(2)16-15(12(4)19-23-16)17(21)22-9-14(20)18-13-7-5-6-11(3)8-13/h5-8,10H,9H2,1-4H3,(H,18,20). The van der Waals surface area contributed by atoms with Gasteiger partial charge in [-0.1, -0.05) is 31.1 Å². The molecule has 0 radical (unpaired) electrons. The summed E-state index contributed by atoms with van der Waals surface area (Å²) in [5.41, 5.74) is 2.44. The molecule has 6 nitrogen and oxygen atoms in total. The monoisotopic (exact) mass is 316 g/mol. The van der Waals surface area contributed by atoms with Gasteiger partial charge in [0.15, 0.2) is 12.4 Å². The van der Waals surface area contributed by atoms with E-state index in [2.05, 4.69) is 10.5 Å². The summed E-state index contributed by atoms with van der Waals surface area (Å²) in [7, 11) is 0.